The van der Waals surface area contributed by atoms with E-state index in [4.69, 9.17) is 7.85 Å². The number of hydrogen-bond donors (Lipinski definition) is 1. The molecule has 0 aliphatic heterocycles. The number of allylic oxidation sites excluding steroid dienone is 1. The van der Waals surface area contributed by atoms with Gasteiger partial charge in [-0.2, -0.15) is 0 Å². The van der Waals surface area contributed by atoms with Gasteiger partial charge in [0.1, 0.15) is 0 Å². The van der Waals surface area contributed by atoms with Crippen LogP contribution in [0.2, 0.25) is 0 Å². The molecule has 0 radical (unpaired) electrons. The molecule has 1 nitrogen and oxygen atoms in total. The summed E-state index contributed by atoms with van der Waals surface area (Å²) in [5.41, 5.74) is 0. The molecule has 0 aliphatic rings. The SMILES string of the molecule is [2H]C(C)=C([2H])CO. The van der Waals surface area contributed by atoms with Crippen LogP contribution in [0.1, 0.15) is 9.67 Å². The van der Waals surface area contributed by atoms with Crippen LogP contribution in [0.3, 0.4) is 0 Å². The molecule has 30 valence electrons. The number of rotatable bonds is 1. The van der Waals surface area contributed by atoms with Crippen molar-refractivity contribution in [3.63, 3.8) is 0 Å². The van der Waals surface area contributed by atoms with Gasteiger partial charge in [0, 0.05) is 0 Å². The van der Waals surface area contributed by atoms with Crippen molar-refractivity contribution in [1.82, 2.24) is 0 Å². The maximum Gasteiger partial charge on any atom is 0.0612 e. The van der Waals surface area contributed by atoms with E-state index in [1.807, 2.05) is 0 Å². The Bertz CT molecular complexity index is 83.7. The van der Waals surface area contributed by atoms with Crippen molar-refractivity contribution < 1.29 is 7.85 Å². The molecule has 0 aromatic rings. The largest absolute Gasteiger partial charge is 0.392 e. The Balaban J connectivity index is 3.72. The van der Waals surface area contributed by atoms with E-state index in [-0.39, 0.29) is 18.7 Å². The second-order valence-electron chi connectivity index (χ2n) is 0.585. The topological polar surface area (TPSA) is 20.2 Å². The zero-order chi connectivity index (χ0) is 5.86. The summed E-state index contributed by atoms with van der Waals surface area (Å²) >= 11 is 0. The Morgan fingerprint density at radius 3 is 2.80 bits per heavy atom. The van der Waals surface area contributed by atoms with Crippen LogP contribution < -0.4 is 0 Å². The maximum atomic E-state index is 8.14. The van der Waals surface area contributed by atoms with Crippen molar-refractivity contribution in [2.75, 3.05) is 6.61 Å². The van der Waals surface area contributed by atoms with Crippen molar-refractivity contribution in [3.8, 4) is 0 Å². The Hall–Kier alpha value is -0.300. The molecule has 0 aliphatic carbocycles. The van der Waals surface area contributed by atoms with Crippen molar-refractivity contribution in [3.05, 3.63) is 12.1 Å². The molecule has 0 unspecified atom stereocenters. The van der Waals surface area contributed by atoms with E-state index >= 15 is 0 Å². The van der Waals surface area contributed by atoms with Crippen molar-refractivity contribution >= 4 is 0 Å². The van der Waals surface area contributed by atoms with Gasteiger partial charge in [0.2, 0.25) is 0 Å². The third-order valence-corrected chi connectivity index (χ3v) is 0.256. The molecule has 1 N–H and O–H groups in total. The highest BCUT2D eigenvalue weighted by Gasteiger charge is 1.52. The molecule has 1 heteroatoms. The fraction of sp³-hybridized carbons (Fsp3) is 0.500. The first-order valence-corrected chi connectivity index (χ1v) is 1.42. The molecule has 0 rings (SSSR count). The fourth-order valence-corrected chi connectivity index (χ4v) is 0.0791. The predicted octanol–water partition coefficient (Wildman–Crippen LogP) is 0.555. The van der Waals surface area contributed by atoms with Gasteiger partial charge in [-0.05, 0) is 6.92 Å². The average molecular weight is 74.1 g/mol. The zero-order valence-corrected chi connectivity index (χ0v) is 3.15. The average Bonchev–Trinajstić information content (AvgIpc) is 1.65. The molecule has 0 aromatic heterocycles. The Morgan fingerprint density at radius 1 is 2.20 bits per heavy atom. The van der Waals surface area contributed by atoms with Gasteiger partial charge in [0.25, 0.3) is 0 Å². The van der Waals surface area contributed by atoms with Gasteiger partial charge >= 0.3 is 0 Å². The molecular weight excluding hydrogens is 64.0 g/mol. The molecule has 0 fully saturated rings. The highest BCUT2D eigenvalue weighted by Crippen LogP contribution is 1.60. The summed E-state index contributed by atoms with van der Waals surface area (Å²) in [7, 11) is 0. The quantitative estimate of drug-likeness (QED) is 0.450. The fourth-order valence-electron chi connectivity index (χ4n) is 0.0791. The smallest absolute Gasteiger partial charge is 0.0612 e. The lowest BCUT2D eigenvalue weighted by Crippen LogP contribution is -1.65. The second-order valence-corrected chi connectivity index (χ2v) is 0.585. The van der Waals surface area contributed by atoms with E-state index in [0.717, 1.165) is 0 Å². The first-order chi connectivity index (χ1) is 3.18. The van der Waals surface area contributed by atoms with Crippen LogP contribution in [0.25, 0.3) is 0 Å². The predicted molar refractivity (Wildman–Crippen MR) is 21.9 cm³/mol. The van der Waals surface area contributed by atoms with Crippen LogP contribution in [0.15, 0.2) is 12.1 Å². The summed E-state index contributed by atoms with van der Waals surface area (Å²) in [5.74, 6) is 0. The molecule has 0 heterocycles. The van der Waals surface area contributed by atoms with E-state index in [2.05, 4.69) is 0 Å². The molecule has 0 atom stereocenters. The minimum Gasteiger partial charge on any atom is -0.392 e. The van der Waals surface area contributed by atoms with Gasteiger partial charge in [-0.25, -0.2) is 0 Å². The lowest BCUT2D eigenvalue weighted by Gasteiger charge is -1.66. The Kier molecular flexibility index (Phi) is 1.47. The van der Waals surface area contributed by atoms with Crippen LogP contribution in [-0.2, 0) is 0 Å². The standard InChI is InChI=1S/C4H8O/c1-2-3-4-5/h2-3,5H,4H2,1H3/i2D,3D. The first-order valence-electron chi connectivity index (χ1n) is 2.42. The molecular formula is C4H8O. The van der Waals surface area contributed by atoms with Crippen LogP contribution in [0.5, 0.6) is 0 Å². The normalized spacial score (nSPS) is 19.6. The van der Waals surface area contributed by atoms with Crippen molar-refractivity contribution in [2.45, 2.75) is 6.92 Å². The molecule has 0 spiro atoms. The highest BCUT2D eigenvalue weighted by molar-refractivity contribution is 4.74. The second kappa shape index (κ2) is 3.70. The van der Waals surface area contributed by atoms with Gasteiger partial charge in [0.05, 0.1) is 9.35 Å². The van der Waals surface area contributed by atoms with Gasteiger partial charge < -0.3 is 5.11 Å². The molecule has 0 bridgehead atoms. The summed E-state index contributed by atoms with van der Waals surface area (Å²) < 4.78 is 13.4. The summed E-state index contributed by atoms with van der Waals surface area (Å²) in [6.45, 7) is 1.15. The summed E-state index contributed by atoms with van der Waals surface area (Å²) in [5, 5.41) is 8.14. The van der Waals surface area contributed by atoms with E-state index in [1.54, 1.807) is 0 Å². The van der Waals surface area contributed by atoms with Crippen LogP contribution in [0.4, 0.5) is 0 Å². The van der Waals surface area contributed by atoms with E-state index in [0.29, 0.717) is 0 Å². The molecule has 0 amide bonds. The van der Waals surface area contributed by atoms with Crippen LogP contribution >= 0.6 is 0 Å². The van der Waals surface area contributed by atoms with E-state index in [1.165, 1.54) is 6.92 Å². The van der Waals surface area contributed by atoms with E-state index < -0.39 is 0 Å². The van der Waals surface area contributed by atoms with Crippen LogP contribution in [-0.4, -0.2) is 11.7 Å². The van der Waals surface area contributed by atoms with Gasteiger partial charge in [-0.3, -0.25) is 0 Å². The Labute approximate surface area is 34.7 Å². The maximum absolute atomic E-state index is 8.14. The van der Waals surface area contributed by atoms with Gasteiger partial charge in [0.15, 0.2) is 0 Å². The zero-order valence-electron chi connectivity index (χ0n) is 5.15. The number of hydrogen-bond acceptors (Lipinski definition) is 1. The van der Waals surface area contributed by atoms with E-state index in [9.17, 15) is 0 Å². The number of aliphatic hydroxyl groups is 1. The molecule has 0 aromatic carbocycles. The lowest BCUT2D eigenvalue weighted by atomic mass is 10.6. The first kappa shape index (κ1) is 1.98. The van der Waals surface area contributed by atoms with Gasteiger partial charge in [-0.15, -0.1) is 0 Å². The molecule has 5 heavy (non-hydrogen) atoms. The number of aliphatic hydroxyl groups excluding tert-OH is 1. The minimum atomic E-state index is -0.324. The summed E-state index contributed by atoms with van der Waals surface area (Å²) in [4.78, 5) is 0. The van der Waals surface area contributed by atoms with Crippen LogP contribution in [0, 0.1) is 0 Å². The summed E-state index contributed by atoms with van der Waals surface area (Å²) in [6, 6.07) is 0.113. The molecule has 0 saturated heterocycles. The highest BCUT2D eigenvalue weighted by atomic mass is 16.2. The Morgan fingerprint density at radius 2 is 2.80 bits per heavy atom. The summed E-state index contributed by atoms with van der Waals surface area (Å²) in [6.07, 6.45) is 0. The third-order valence-electron chi connectivity index (χ3n) is 0.256. The van der Waals surface area contributed by atoms with Crippen molar-refractivity contribution in [2.24, 2.45) is 0 Å². The minimum absolute atomic E-state index is 0.0139. The molecule has 0 saturated carbocycles. The lowest BCUT2D eigenvalue weighted by molar-refractivity contribution is 0.342. The van der Waals surface area contributed by atoms with Crippen molar-refractivity contribution in [1.29, 1.82) is 0 Å². The third kappa shape index (κ3) is 3.70. The monoisotopic (exact) mass is 74.1 g/mol. The van der Waals surface area contributed by atoms with Gasteiger partial charge in [-0.1, -0.05) is 12.1 Å².